The minimum Gasteiger partial charge on any atom is -0.385 e. The molecule has 0 spiro atoms. The summed E-state index contributed by atoms with van der Waals surface area (Å²) >= 11 is 0. The van der Waals surface area contributed by atoms with E-state index < -0.39 is 6.10 Å². The summed E-state index contributed by atoms with van der Waals surface area (Å²) in [5, 5.41) is 10.1. The van der Waals surface area contributed by atoms with Gasteiger partial charge in [0.2, 0.25) is 0 Å². The SMILES string of the molecule is C=CC[NH+](Cc1cccn1Cc1ccc(C(C)(C)C)cc1)C[C@@H](O)COC. The summed E-state index contributed by atoms with van der Waals surface area (Å²) in [6.45, 7) is 14.1. The van der Waals surface area contributed by atoms with Gasteiger partial charge in [0.1, 0.15) is 19.2 Å². The van der Waals surface area contributed by atoms with E-state index in [9.17, 15) is 5.11 Å². The van der Waals surface area contributed by atoms with Gasteiger partial charge < -0.3 is 19.3 Å². The maximum absolute atomic E-state index is 10.1. The Hall–Kier alpha value is -1.88. The Kier molecular flexibility index (Phi) is 7.84. The molecule has 148 valence electrons. The molecule has 0 saturated carbocycles. The first kappa shape index (κ1) is 21.4. The predicted molar refractivity (Wildman–Crippen MR) is 111 cm³/mol. The predicted octanol–water partition coefficient (Wildman–Crippen LogP) is 2.41. The molecule has 0 aliphatic carbocycles. The van der Waals surface area contributed by atoms with E-state index in [2.05, 4.69) is 74.5 Å². The molecule has 1 aromatic carbocycles. The van der Waals surface area contributed by atoms with Crippen molar-refractivity contribution < 1.29 is 14.7 Å². The van der Waals surface area contributed by atoms with Crippen molar-refractivity contribution in [2.24, 2.45) is 0 Å². The average Bonchev–Trinajstić information content (AvgIpc) is 3.01. The fraction of sp³-hybridized carbons (Fsp3) is 0.478. The van der Waals surface area contributed by atoms with E-state index in [-0.39, 0.29) is 5.41 Å². The first-order valence-corrected chi connectivity index (χ1v) is 9.68. The van der Waals surface area contributed by atoms with Crippen LogP contribution in [0.1, 0.15) is 37.6 Å². The van der Waals surface area contributed by atoms with Crippen LogP contribution in [0.25, 0.3) is 0 Å². The van der Waals surface area contributed by atoms with E-state index in [1.54, 1.807) is 7.11 Å². The number of quaternary nitrogens is 1. The Morgan fingerprint density at radius 2 is 1.93 bits per heavy atom. The number of benzene rings is 1. The van der Waals surface area contributed by atoms with E-state index in [0.29, 0.717) is 13.2 Å². The van der Waals surface area contributed by atoms with Crippen LogP contribution < -0.4 is 4.90 Å². The Bertz CT molecular complexity index is 698. The molecule has 2 aromatic rings. The third-order valence-corrected chi connectivity index (χ3v) is 4.84. The molecular formula is C23H35N2O2+. The Morgan fingerprint density at radius 1 is 1.22 bits per heavy atom. The lowest BCUT2D eigenvalue weighted by Crippen LogP contribution is -3.11. The highest BCUT2D eigenvalue weighted by Crippen LogP contribution is 2.22. The number of aromatic nitrogens is 1. The van der Waals surface area contributed by atoms with Crippen molar-refractivity contribution in [1.29, 1.82) is 0 Å². The van der Waals surface area contributed by atoms with Gasteiger partial charge in [-0.2, -0.15) is 0 Å². The van der Waals surface area contributed by atoms with Crippen molar-refractivity contribution in [2.75, 3.05) is 26.8 Å². The first-order valence-electron chi connectivity index (χ1n) is 9.68. The fourth-order valence-corrected chi connectivity index (χ4v) is 3.34. The lowest BCUT2D eigenvalue weighted by molar-refractivity contribution is -0.911. The van der Waals surface area contributed by atoms with Gasteiger partial charge in [-0.15, -0.1) is 0 Å². The number of methoxy groups -OCH3 is 1. The molecule has 0 bridgehead atoms. The van der Waals surface area contributed by atoms with Crippen molar-refractivity contribution in [2.45, 2.75) is 45.4 Å². The van der Waals surface area contributed by atoms with Crippen LogP contribution in [0.15, 0.2) is 55.3 Å². The highest BCUT2D eigenvalue weighted by atomic mass is 16.5. The van der Waals surface area contributed by atoms with Crippen LogP contribution in [-0.4, -0.2) is 42.6 Å². The van der Waals surface area contributed by atoms with Gasteiger partial charge in [-0.1, -0.05) is 51.6 Å². The Morgan fingerprint density at radius 3 is 2.52 bits per heavy atom. The van der Waals surface area contributed by atoms with Gasteiger partial charge in [-0.05, 0) is 34.8 Å². The van der Waals surface area contributed by atoms with Crippen molar-refractivity contribution in [3.05, 3.63) is 72.1 Å². The van der Waals surface area contributed by atoms with Crippen molar-refractivity contribution in [3.63, 3.8) is 0 Å². The molecule has 1 heterocycles. The van der Waals surface area contributed by atoms with Gasteiger partial charge in [0.15, 0.2) is 0 Å². The number of nitrogens with one attached hydrogen (secondary N) is 1. The quantitative estimate of drug-likeness (QED) is 0.630. The third kappa shape index (κ3) is 6.65. The van der Waals surface area contributed by atoms with E-state index >= 15 is 0 Å². The minimum absolute atomic E-state index is 0.175. The van der Waals surface area contributed by atoms with Crippen LogP contribution in [0.5, 0.6) is 0 Å². The highest BCUT2D eigenvalue weighted by Gasteiger charge is 2.17. The molecule has 2 atom stereocenters. The molecule has 0 saturated heterocycles. The first-order chi connectivity index (χ1) is 12.8. The number of hydrogen-bond acceptors (Lipinski definition) is 2. The number of ether oxygens (including phenoxy) is 1. The molecule has 4 heteroatoms. The van der Waals surface area contributed by atoms with Gasteiger partial charge in [0, 0.05) is 19.9 Å². The number of rotatable bonds is 10. The van der Waals surface area contributed by atoms with Crippen molar-refractivity contribution in [1.82, 2.24) is 4.57 Å². The Labute approximate surface area is 164 Å². The summed E-state index contributed by atoms with van der Waals surface area (Å²) in [4.78, 5) is 1.28. The zero-order chi connectivity index (χ0) is 19.9. The second-order valence-corrected chi connectivity index (χ2v) is 8.31. The summed E-state index contributed by atoms with van der Waals surface area (Å²) in [5.41, 5.74) is 4.09. The van der Waals surface area contributed by atoms with Crippen molar-refractivity contribution >= 4 is 0 Å². The van der Waals surface area contributed by atoms with Gasteiger partial charge >= 0.3 is 0 Å². The van der Waals surface area contributed by atoms with Gasteiger partial charge in [-0.3, -0.25) is 0 Å². The van der Waals surface area contributed by atoms with Crippen LogP contribution in [-0.2, 0) is 23.2 Å². The lowest BCUT2D eigenvalue weighted by Gasteiger charge is -2.22. The molecular weight excluding hydrogens is 336 g/mol. The van der Waals surface area contributed by atoms with Crippen LogP contribution in [0.3, 0.4) is 0 Å². The molecule has 2 N–H and O–H groups in total. The molecule has 0 fully saturated rings. The minimum atomic E-state index is -0.460. The smallest absolute Gasteiger partial charge is 0.126 e. The van der Waals surface area contributed by atoms with Crippen LogP contribution >= 0.6 is 0 Å². The van der Waals surface area contributed by atoms with Crippen LogP contribution in [0.2, 0.25) is 0 Å². The van der Waals surface area contributed by atoms with E-state index in [1.807, 2.05) is 6.08 Å². The second-order valence-electron chi connectivity index (χ2n) is 8.31. The molecule has 0 amide bonds. The molecule has 2 rings (SSSR count). The third-order valence-electron chi connectivity index (χ3n) is 4.84. The molecule has 1 aromatic heterocycles. The summed E-state index contributed by atoms with van der Waals surface area (Å²) in [7, 11) is 1.62. The van der Waals surface area contributed by atoms with Gasteiger partial charge in [0.25, 0.3) is 0 Å². The summed E-state index contributed by atoms with van der Waals surface area (Å²) in [6, 6.07) is 13.2. The number of hydrogen-bond donors (Lipinski definition) is 2. The topological polar surface area (TPSA) is 38.8 Å². The van der Waals surface area contributed by atoms with Gasteiger partial charge in [-0.25, -0.2) is 0 Å². The highest BCUT2D eigenvalue weighted by molar-refractivity contribution is 5.28. The van der Waals surface area contributed by atoms with E-state index in [0.717, 1.165) is 19.6 Å². The zero-order valence-corrected chi connectivity index (χ0v) is 17.2. The monoisotopic (exact) mass is 371 g/mol. The summed E-state index contributed by atoms with van der Waals surface area (Å²) < 4.78 is 7.35. The Balaban J connectivity index is 2.06. The summed E-state index contributed by atoms with van der Waals surface area (Å²) in [6.07, 6.45) is 3.58. The van der Waals surface area contributed by atoms with Gasteiger partial charge in [0.05, 0.1) is 18.8 Å². The molecule has 4 nitrogen and oxygen atoms in total. The average molecular weight is 372 g/mol. The largest absolute Gasteiger partial charge is 0.385 e. The lowest BCUT2D eigenvalue weighted by atomic mass is 9.87. The van der Waals surface area contributed by atoms with Crippen LogP contribution in [0, 0.1) is 0 Å². The number of nitrogens with zero attached hydrogens (tertiary/aromatic N) is 1. The maximum Gasteiger partial charge on any atom is 0.126 e. The maximum atomic E-state index is 10.1. The fourth-order valence-electron chi connectivity index (χ4n) is 3.34. The molecule has 27 heavy (non-hydrogen) atoms. The molecule has 1 unspecified atom stereocenters. The second kappa shape index (κ2) is 9.88. The van der Waals surface area contributed by atoms with Crippen LogP contribution in [0.4, 0.5) is 0 Å². The molecule has 0 aliphatic heterocycles. The zero-order valence-electron chi connectivity index (χ0n) is 17.2. The standard InChI is InChI=1S/C23H34N2O2/c1-6-13-24(17-22(26)18-27-5)16-21-8-7-14-25(21)15-19-9-11-20(12-10-19)23(2,3)4/h6-12,14,22,26H,1,13,15-18H2,2-5H3/p+1/t22-/m1/s1. The van der Waals surface area contributed by atoms with E-state index in [4.69, 9.17) is 4.74 Å². The molecule has 0 aliphatic rings. The van der Waals surface area contributed by atoms with Crippen molar-refractivity contribution in [3.8, 4) is 0 Å². The number of aliphatic hydroxyl groups is 1. The summed E-state index contributed by atoms with van der Waals surface area (Å²) in [5.74, 6) is 0. The normalized spacial score (nSPS) is 14.1. The van der Waals surface area contributed by atoms with E-state index in [1.165, 1.54) is 21.7 Å². The number of aliphatic hydroxyl groups excluding tert-OH is 1. The molecule has 0 radical (unpaired) electrons.